The van der Waals surface area contributed by atoms with Crippen LogP contribution in [0.5, 0.6) is 0 Å². The lowest BCUT2D eigenvalue weighted by atomic mass is 9.77. The summed E-state index contributed by atoms with van der Waals surface area (Å²) >= 11 is 0. The van der Waals surface area contributed by atoms with Crippen molar-refractivity contribution in [2.24, 2.45) is 0 Å². The maximum atomic E-state index is 2.64. The molecule has 10 aromatic rings. The van der Waals surface area contributed by atoms with E-state index in [-0.39, 0.29) is 27.6 Å². The van der Waals surface area contributed by atoms with Crippen LogP contribution in [-0.2, 0) is 28.1 Å². The topological polar surface area (TPSA) is 0 Å². The van der Waals surface area contributed by atoms with Gasteiger partial charge in [0.1, 0.15) is 8.07 Å². The average Bonchev–Trinajstić information content (AvgIpc) is 2.08. The maximum Gasteiger partial charge on any atom is 0.113 e. The lowest BCUT2D eigenvalue weighted by Crippen LogP contribution is -2.49. The molecule has 0 fully saturated rings. The molecule has 1 unspecified atom stereocenters. The standard InChI is InChI=1S/C81H76Si/c1-47(2)52-25-17-20-28-58(52)74-48(3)31-38-64-75(74)62-45-68-60(43-70(62)78(64,4)5)56-36-33-49(41-66(56)80(68,8)9)32-35-54(55-27-19-18-26-53(55)50-23-15-14-16-24-50)51-34-37-57-61-44-71-63(46-69(61)81(10,11)67(57)42-51)76-65(79(71,6)7)39-40-73-77(76)59-29-21-22-30-72(59)82(73,12)13/h14-31,33-34,36-47,54H,32,35H2,1-13H3. The van der Waals surface area contributed by atoms with E-state index in [1.54, 1.807) is 10.4 Å². The summed E-state index contributed by atoms with van der Waals surface area (Å²) in [6, 6.07) is 74.2. The Labute approximate surface area is 489 Å². The molecular weight excluding hydrogens is 1000 g/mol. The van der Waals surface area contributed by atoms with Gasteiger partial charge < -0.3 is 0 Å². The Hall–Kier alpha value is -7.58. The van der Waals surface area contributed by atoms with E-state index in [2.05, 4.69) is 277 Å². The van der Waals surface area contributed by atoms with Crippen molar-refractivity contribution in [1.82, 2.24) is 0 Å². The van der Waals surface area contributed by atoms with E-state index in [4.69, 9.17) is 0 Å². The number of hydrogen-bond acceptors (Lipinski definition) is 0. The highest BCUT2D eigenvalue weighted by Gasteiger charge is 2.48. The van der Waals surface area contributed by atoms with Gasteiger partial charge in [-0.2, -0.15) is 0 Å². The molecule has 0 saturated carbocycles. The van der Waals surface area contributed by atoms with E-state index in [9.17, 15) is 0 Å². The molecule has 4 aliphatic carbocycles. The van der Waals surface area contributed by atoms with E-state index in [1.807, 2.05) is 0 Å². The van der Waals surface area contributed by atoms with Crippen molar-refractivity contribution in [2.45, 2.75) is 136 Å². The first-order valence-corrected chi connectivity index (χ1v) is 33.5. The van der Waals surface area contributed by atoms with Crippen LogP contribution in [0.3, 0.4) is 0 Å². The zero-order valence-electron chi connectivity index (χ0n) is 50.5. The van der Waals surface area contributed by atoms with Crippen molar-refractivity contribution in [3.8, 4) is 77.9 Å². The van der Waals surface area contributed by atoms with Crippen LogP contribution < -0.4 is 10.4 Å². The molecule has 0 radical (unpaired) electrons. The molecule has 0 aromatic heterocycles. The van der Waals surface area contributed by atoms with Crippen molar-refractivity contribution in [2.75, 3.05) is 0 Å². The Morgan fingerprint density at radius 3 is 1.49 bits per heavy atom. The fourth-order valence-corrected chi connectivity index (χ4v) is 20.0. The molecule has 1 heteroatoms. The highest BCUT2D eigenvalue weighted by Crippen LogP contribution is 2.61. The van der Waals surface area contributed by atoms with E-state index < -0.39 is 8.07 Å². The summed E-state index contributed by atoms with van der Waals surface area (Å²) in [5.74, 6) is 0.605. The lowest BCUT2D eigenvalue weighted by Gasteiger charge is -2.26. The van der Waals surface area contributed by atoms with Gasteiger partial charge in [-0.25, -0.2) is 0 Å². The number of aryl methyl sites for hydroxylation is 2. The minimum atomic E-state index is -1.85. The molecule has 1 atom stereocenters. The summed E-state index contributed by atoms with van der Waals surface area (Å²) in [6.07, 6.45) is 1.96. The van der Waals surface area contributed by atoms with Crippen LogP contribution in [0.4, 0.5) is 0 Å². The van der Waals surface area contributed by atoms with E-state index >= 15 is 0 Å². The number of benzene rings is 10. The first-order chi connectivity index (χ1) is 39.2. The second-order valence-electron chi connectivity index (χ2n) is 28.1. The molecule has 0 spiro atoms. The van der Waals surface area contributed by atoms with E-state index in [0.717, 1.165) is 12.8 Å². The Kier molecular flexibility index (Phi) is 10.9. The van der Waals surface area contributed by atoms with Crippen molar-refractivity contribution in [3.63, 3.8) is 0 Å². The molecule has 10 aromatic carbocycles. The van der Waals surface area contributed by atoms with Gasteiger partial charge in [0.15, 0.2) is 0 Å². The molecule has 0 nitrogen and oxygen atoms in total. The molecular formula is C81H76Si. The number of fused-ring (bicyclic) bond motifs is 16. The summed E-state index contributed by atoms with van der Waals surface area (Å²) in [5, 5.41) is 3.16. The summed E-state index contributed by atoms with van der Waals surface area (Å²) in [7, 11) is -1.85. The Morgan fingerprint density at radius 1 is 0.354 bits per heavy atom. The molecule has 404 valence electrons. The van der Waals surface area contributed by atoms with Crippen LogP contribution in [0.25, 0.3) is 77.9 Å². The summed E-state index contributed by atoms with van der Waals surface area (Å²) in [5.41, 5.74) is 37.7. The first kappa shape index (κ1) is 51.3. The number of rotatable bonds is 8. The summed E-state index contributed by atoms with van der Waals surface area (Å²) in [4.78, 5) is 0. The third kappa shape index (κ3) is 6.96. The molecule has 15 rings (SSSR count). The Bertz CT molecular complexity index is 4390. The van der Waals surface area contributed by atoms with Gasteiger partial charge in [0.2, 0.25) is 0 Å². The van der Waals surface area contributed by atoms with Gasteiger partial charge in [-0.3, -0.25) is 0 Å². The van der Waals surface area contributed by atoms with Gasteiger partial charge in [-0.1, -0.05) is 246 Å². The molecule has 0 N–H and O–H groups in total. The molecule has 0 bridgehead atoms. The molecule has 0 amide bonds. The molecule has 5 aliphatic rings. The smallest absolute Gasteiger partial charge is 0.0623 e. The minimum absolute atomic E-state index is 0.112. The molecule has 82 heavy (non-hydrogen) atoms. The Balaban J connectivity index is 0.808. The molecule has 0 saturated heterocycles. The Morgan fingerprint density at radius 2 is 0.841 bits per heavy atom. The van der Waals surface area contributed by atoms with E-state index in [0.29, 0.717) is 5.92 Å². The van der Waals surface area contributed by atoms with Gasteiger partial charge in [-0.05, 0) is 211 Å². The highest BCUT2D eigenvalue weighted by atomic mass is 28.3. The van der Waals surface area contributed by atoms with Crippen molar-refractivity contribution < 1.29 is 0 Å². The second-order valence-corrected chi connectivity index (χ2v) is 32.4. The van der Waals surface area contributed by atoms with Gasteiger partial charge in [0.25, 0.3) is 0 Å². The maximum absolute atomic E-state index is 2.64. The van der Waals surface area contributed by atoms with Crippen molar-refractivity contribution in [3.05, 3.63) is 260 Å². The van der Waals surface area contributed by atoms with Crippen LogP contribution in [0.2, 0.25) is 13.1 Å². The third-order valence-corrected chi connectivity index (χ3v) is 25.1. The quantitative estimate of drug-likeness (QED) is 0.133. The van der Waals surface area contributed by atoms with Crippen LogP contribution >= 0.6 is 0 Å². The number of hydrogen-bond donors (Lipinski definition) is 0. The van der Waals surface area contributed by atoms with Crippen molar-refractivity contribution in [1.29, 1.82) is 0 Å². The van der Waals surface area contributed by atoms with Crippen LogP contribution in [-0.4, -0.2) is 8.07 Å². The minimum Gasteiger partial charge on any atom is -0.0623 e. The summed E-state index contributed by atoms with van der Waals surface area (Å²) < 4.78 is 0. The van der Waals surface area contributed by atoms with Crippen LogP contribution in [0, 0.1) is 6.92 Å². The third-order valence-electron chi connectivity index (χ3n) is 21.5. The zero-order valence-corrected chi connectivity index (χ0v) is 51.5. The van der Waals surface area contributed by atoms with Gasteiger partial charge >= 0.3 is 0 Å². The highest BCUT2D eigenvalue weighted by molar-refractivity contribution is 7.04. The van der Waals surface area contributed by atoms with Crippen molar-refractivity contribution >= 4 is 18.4 Å². The molecule has 1 heterocycles. The second kappa shape index (κ2) is 17.5. The zero-order chi connectivity index (χ0) is 56.7. The van der Waals surface area contributed by atoms with E-state index in [1.165, 1.54) is 150 Å². The monoisotopic (exact) mass is 1080 g/mol. The SMILES string of the molecule is Cc1ccc2c(c1-c1ccccc1C(C)C)-c1cc3c(cc1C2(C)C)-c1ccc(CCC(c2ccc4c(c2)C(C)(C)c2cc5c(cc2-4)C(C)(C)c2ccc4c(c2-5)-c2ccccc2[Si]4(C)C)c2ccccc2-c2ccccc2)cc1C3(C)C. The van der Waals surface area contributed by atoms with Gasteiger partial charge in [0.05, 0.1) is 0 Å². The summed E-state index contributed by atoms with van der Waals surface area (Å²) in [6.45, 7) is 31.9. The lowest BCUT2D eigenvalue weighted by molar-refractivity contribution is 0.647. The fourth-order valence-electron chi connectivity index (χ4n) is 16.9. The predicted molar refractivity (Wildman–Crippen MR) is 352 cm³/mol. The van der Waals surface area contributed by atoms with Crippen LogP contribution in [0.15, 0.2) is 188 Å². The van der Waals surface area contributed by atoms with Gasteiger partial charge in [-0.15, -0.1) is 0 Å². The fraction of sp³-hybridized carbons (Fsp3) is 0.259. The molecule has 1 aliphatic heterocycles. The average molecular weight is 1080 g/mol. The largest absolute Gasteiger partial charge is 0.113 e. The first-order valence-electron chi connectivity index (χ1n) is 30.5. The van der Waals surface area contributed by atoms with Gasteiger partial charge in [0, 0.05) is 27.6 Å². The normalized spacial score (nSPS) is 17.0. The predicted octanol–water partition coefficient (Wildman–Crippen LogP) is 20.2. The van der Waals surface area contributed by atoms with Crippen LogP contribution in [0.1, 0.15) is 160 Å².